The molecule has 8 nitrogen and oxygen atoms in total. The molecule has 0 aliphatic heterocycles. The van der Waals surface area contributed by atoms with E-state index in [9.17, 15) is 9.50 Å². The Morgan fingerprint density at radius 1 is 1.14 bits per heavy atom. The Kier molecular flexibility index (Phi) is 6.10. The number of H-pyrrole nitrogens is 1. The van der Waals surface area contributed by atoms with E-state index >= 15 is 0 Å². The van der Waals surface area contributed by atoms with Crippen molar-refractivity contribution in [3.05, 3.63) is 71.9 Å². The van der Waals surface area contributed by atoms with Crippen LogP contribution in [0, 0.1) is 5.82 Å². The first-order chi connectivity index (χ1) is 18.0. The van der Waals surface area contributed by atoms with Gasteiger partial charge < -0.3 is 15.8 Å². The molecular formula is C28H30FN7O. The maximum absolute atomic E-state index is 14.2. The molecule has 1 atom stereocenters. The van der Waals surface area contributed by atoms with Gasteiger partial charge in [-0.15, -0.1) is 0 Å². The average Bonchev–Trinajstić information content (AvgIpc) is 3.47. The number of fused-ring (bicyclic) bond motifs is 2. The van der Waals surface area contributed by atoms with Gasteiger partial charge in [0.15, 0.2) is 5.65 Å². The first-order valence-electron chi connectivity index (χ1n) is 12.7. The second kappa shape index (κ2) is 9.57. The van der Waals surface area contributed by atoms with Crippen LogP contribution in [0.5, 0.6) is 0 Å². The molecule has 5 aromatic rings. The van der Waals surface area contributed by atoms with Gasteiger partial charge in [0.25, 0.3) is 0 Å². The fourth-order valence-electron chi connectivity index (χ4n) is 5.56. The van der Waals surface area contributed by atoms with Crippen LogP contribution in [-0.4, -0.2) is 42.1 Å². The fraction of sp³-hybridized carbons (Fsp3) is 0.321. The van der Waals surface area contributed by atoms with Gasteiger partial charge in [0, 0.05) is 34.6 Å². The lowest BCUT2D eigenvalue weighted by Crippen LogP contribution is -2.39. The van der Waals surface area contributed by atoms with Crippen molar-refractivity contribution in [3.8, 4) is 11.3 Å². The number of aromatic amines is 1. The van der Waals surface area contributed by atoms with Gasteiger partial charge in [-0.1, -0.05) is 24.3 Å². The van der Waals surface area contributed by atoms with Gasteiger partial charge in [0.1, 0.15) is 29.9 Å². The number of nitrogens with zero attached hydrogens (tertiary/aromatic N) is 4. The highest BCUT2D eigenvalue weighted by Crippen LogP contribution is 2.37. The Morgan fingerprint density at radius 3 is 2.73 bits per heavy atom. The largest absolute Gasteiger partial charge is 0.383 e. The molecule has 1 unspecified atom stereocenters. The number of aliphatic hydroxyl groups is 1. The number of nitrogen functional groups attached to an aromatic ring is 1. The van der Waals surface area contributed by atoms with Crippen LogP contribution in [0.1, 0.15) is 49.9 Å². The van der Waals surface area contributed by atoms with E-state index in [0.717, 1.165) is 64.6 Å². The monoisotopic (exact) mass is 499 g/mol. The van der Waals surface area contributed by atoms with E-state index in [0.29, 0.717) is 23.8 Å². The lowest BCUT2D eigenvalue weighted by Gasteiger charge is -2.30. The van der Waals surface area contributed by atoms with Crippen molar-refractivity contribution in [2.45, 2.75) is 57.3 Å². The van der Waals surface area contributed by atoms with E-state index in [1.807, 2.05) is 28.9 Å². The van der Waals surface area contributed by atoms with Crippen molar-refractivity contribution in [2.75, 3.05) is 5.73 Å². The first kappa shape index (κ1) is 23.6. The van der Waals surface area contributed by atoms with Crippen LogP contribution < -0.4 is 11.1 Å². The van der Waals surface area contributed by atoms with Crippen LogP contribution in [-0.2, 0) is 6.42 Å². The second-order valence-electron chi connectivity index (χ2n) is 9.96. The van der Waals surface area contributed by atoms with Crippen molar-refractivity contribution < 1.29 is 9.50 Å². The van der Waals surface area contributed by atoms with Gasteiger partial charge in [-0.2, -0.15) is 5.10 Å². The predicted octanol–water partition coefficient (Wildman–Crippen LogP) is 4.70. The first-order valence-corrected chi connectivity index (χ1v) is 12.7. The van der Waals surface area contributed by atoms with E-state index in [-0.39, 0.29) is 11.9 Å². The highest BCUT2D eigenvalue weighted by molar-refractivity contribution is 6.00. The van der Waals surface area contributed by atoms with Crippen LogP contribution in [0.25, 0.3) is 33.2 Å². The van der Waals surface area contributed by atoms with Gasteiger partial charge in [-0.25, -0.2) is 19.0 Å². The third-order valence-corrected chi connectivity index (χ3v) is 7.33. The van der Waals surface area contributed by atoms with Gasteiger partial charge in [0.2, 0.25) is 0 Å². The minimum absolute atomic E-state index is 0.195. The number of aromatic nitrogens is 5. The molecule has 0 spiro atoms. The summed E-state index contributed by atoms with van der Waals surface area (Å²) in [5, 5.41) is 19.7. The molecule has 6 rings (SSSR count). The number of nitrogens with one attached hydrogen (secondary N) is 2. The van der Waals surface area contributed by atoms with Crippen LogP contribution >= 0.6 is 0 Å². The lowest BCUT2D eigenvalue weighted by molar-refractivity contribution is 0.124. The van der Waals surface area contributed by atoms with Crippen LogP contribution in [0.3, 0.4) is 0 Å². The zero-order valence-corrected chi connectivity index (χ0v) is 20.7. The van der Waals surface area contributed by atoms with E-state index in [2.05, 4.69) is 32.4 Å². The highest BCUT2D eigenvalue weighted by atomic mass is 19.1. The standard InChI is InChI=1S/C28H30FN7O/c1-16(37)33-20-7-9-22(10-8-20)36-28-25(27(30)31-15-32-28)26(35-36)18-6-11-24-19(12-18)14-21(34-24)13-17-4-2-3-5-23(17)29/h2-6,11-12,14-16,20,22,33-34,37H,7-10,13H2,1H3,(H2,30,31,32). The maximum Gasteiger partial charge on any atom is 0.164 e. The number of hydrogen-bond donors (Lipinski definition) is 4. The molecule has 3 heterocycles. The summed E-state index contributed by atoms with van der Waals surface area (Å²) < 4.78 is 16.2. The third kappa shape index (κ3) is 4.56. The Labute approximate surface area is 213 Å². The van der Waals surface area contributed by atoms with Crippen molar-refractivity contribution in [2.24, 2.45) is 0 Å². The summed E-state index contributed by atoms with van der Waals surface area (Å²) in [5.41, 5.74) is 11.4. The topological polar surface area (TPSA) is 118 Å². The second-order valence-corrected chi connectivity index (χ2v) is 9.96. The summed E-state index contributed by atoms with van der Waals surface area (Å²) in [4.78, 5) is 12.2. The number of aliphatic hydroxyl groups excluding tert-OH is 1. The summed E-state index contributed by atoms with van der Waals surface area (Å²) in [7, 11) is 0. The predicted molar refractivity (Wildman–Crippen MR) is 142 cm³/mol. The SMILES string of the molecule is CC(O)NC1CCC(n2nc(-c3ccc4[nH]c(Cc5ccccc5F)cc4c3)c3c(N)ncnc32)CC1. The fourth-order valence-corrected chi connectivity index (χ4v) is 5.56. The number of benzene rings is 2. The van der Waals surface area contributed by atoms with E-state index in [1.54, 1.807) is 13.0 Å². The molecule has 37 heavy (non-hydrogen) atoms. The molecule has 0 radical (unpaired) electrons. The van der Waals surface area contributed by atoms with Crippen LogP contribution in [0.15, 0.2) is 54.9 Å². The van der Waals surface area contributed by atoms with Crippen molar-refractivity contribution >= 4 is 27.8 Å². The molecule has 1 saturated carbocycles. The highest BCUT2D eigenvalue weighted by Gasteiger charge is 2.27. The molecule has 9 heteroatoms. The number of anilines is 1. The zero-order valence-electron chi connectivity index (χ0n) is 20.7. The molecule has 3 aromatic heterocycles. The summed E-state index contributed by atoms with van der Waals surface area (Å²) >= 11 is 0. The van der Waals surface area contributed by atoms with Crippen molar-refractivity contribution in [1.29, 1.82) is 0 Å². The van der Waals surface area contributed by atoms with E-state index in [4.69, 9.17) is 10.8 Å². The molecule has 5 N–H and O–H groups in total. The third-order valence-electron chi connectivity index (χ3n) is 7.33. The smallest absolute Gasteiger partial charge is 0.164 e. The molecule has 2 aromatic carbocycles. The Morgan fingerprint density at radius 2 is 1.95 bits per heavy atom. The number of nitrogens with two attached hydrogens (primary N) is 1. The molecule has 190 valence electrons. The lowest BCUT2D eigenvalue weighted by atomic mass is 9.91. The molecule has 0 amide bonds. The molecule has 1 fully saturated rings. The van der Waals surface area contributed by atoms with Gasteiger partial charge >= 0.3 is 0 Å². The minimum Gasteiger partial charge on any atom is -0.383 e. The quantitative estimate of drug-likeness (QED) is 0.252. The van der Waals surface area contributed by atoms with Crippen molar-refractivity contribution in [1.82, 2.24) is 30.0 Å². The Balaban J connectivity index is 1.34. The maximum atomic E-state index is 14.2. The normalized spacial score (nSPS) is 19.0. The van der Waals surface area contributed by atoms with Crippen molar-refractivity contribution in [3.63, 3.8) is 0 Å². The Hall–Kier alpha value is -3.82. The van der Waals surface area contributed by atoms with Crippen LogP contribution in [0.2, 0.25) is 0 Å². The van der Waals surface area contributed by atoms with Crippen LogP contribution in [0.4, 0.5) is 10.2 Å². The van der Waals surface area contributed by atoms with E-state index in [1.165, 1.54) is 12.4 Å². The summed E-state index contributed by atoms with van der Waals surface area (Å²) in [6.45, 7) is 1.75. The molecule has 0 bridgehead atoms. The summed E-state index contributed by atoms with van der Waals surface area (Å²) in [6.07, 6.45) is 5.23. The molecular weight excluding hydrogens is 469 g/mol. The van der Waals surface area contributed by atoms with Gasteiger partial charge in [-0.05, 0) is 62.4 Å². The van der Waals surface area contributed by atoms with E-state index < -0.39 is 6.23 Å². The molecule has 1 aliphatic carbocycles. The summed E-state index contributed by atoms with van der Waals surface area (Å²) in [5.74, 6) is 0.204. The summed E-state index contributed by atoms with van der Waals surface area (Å²) in [6, 6.07) is 15.5. The average molecular weight is 500 g/mol. The molecule has 1 aliphatic rings. The van der Waals surface area contributed by atoms with Gasteiger partial charge in [-0.3, -0.25) is 5.32 Å². The number of hydrogen-bond acceptors (Lipinski definition) is 6. The number of rotatable bonds is 6. The Bertz CT molecular complexity index is 1570. The zero-order chi connectivity index (χ0) is 25.5. The molecule has 0 saturated heterocycles. The van der Waals surface area contributed by atoms with Gasteiger partial charge in [0.05, 0.1) is 11.4 Å². The minimum atomic E-state index is -0.512. The number of halogens is 1.